The van der Waals surface area contributed by atoms with Crippen LogP contribution in [0.5, 0.6) is 0 Å². The summed E-state index contributed by atoms with van der Waals surface area (Å²) in [5, 5.41) is 0. The SMILES string of the molecule is O=c1[nH]c(=O)c2c1n1c3ccccc3nc1c1nc3ccccc3n12. The molecule has 0 radical (unpaired) electrons. The second-order valence-electron chi connectivity index (χ2n) is 6.00. The second kappa shape index (κ2) is 4.02. The number of imidazole rings is 2. The summed E-state index contributed by atoms with van der Waals surface area (Å²) in [4.78, 5) is 36.8. The van der Waals surface area contributed by atoms with E-state index >= 15 is 0 Å². The van der Waals surface area contributed by atoms with E-state index in [1.54, 1.807) is 8.80 Å². The molecule has 0 unspecified atom stereocenters. The Balaban J connectivity index is 2.14. The van der Waals surface area contributed by atoms with Crippen molar-refractivity contribution >= 4 is 44.4 Å². The number of benzene rings is 2. The first-order valence-corrected chi connectivity index (χ1v) is 7.80. The molecule has 0 saturated heterocycles. The smallest absolute Gasteiger partial charge is 0.277 e. The average Bonchev–Trinajstić information content (AvgIpc) is 3.26. The minimum absolute atomic E-state index is 0.296. The fraction of sp³-hybridized carbons (Fsp3) is 0. The summed E-state index contributed by atoms with van der Waals surface area (Å²) in [6.45, 7) is 0. The average molecular weight is 327 g/mol. The summed E-state index contributed by atoms with van der Waals surface area (Å²) in [5.74, 6) is 0. The molecule has 0 aliphatic heterocycles. The highest BCUT2D eigenvalue weighted by Gasteiger charge is 2.21. The van der Waals surface area contributed by atoms with E-state index in [-0.39, 0.29) is 0 Å². The zero-order valence-electron chi connectivity index (χ0n) is 12.7. The van der Waals surface area contributed by atoms with Crippen LogP contribution in [0.2, 0.25) is 0 Å². The fourth-order valence-corrected chi connectivity index (χ4v) is 3.66. The third-order valence-corrected chi connectivity index (χ3v) is 4.65. The number of hydrogen-bond donors (Lipinski definition) is 1. The van der Waals surface area contributed by atoms with Gasteiger partial charge in [-0.2, -0.15) is 0 Å². The maximum absolute atomic E-state index is 12.5. The van der Waals surface area contributed by atoms with Crippen molar-refractivity contribution in [1.29, 1.82) is 0 Å². The molecule has 0 aliphatic carbocycles. The predicted molar refractivity (Wildman–Crippen MR) is 94.5 cm³/mol. The van der Waals surface area contributed by atoms with Crippen molar-refractivity contribution in [2.75, 3.05) is 0 Å². The van der Waals surface area contributed by atoms with Gasteiger partial charge in [0.1, 0.15) is 11.0 Å². The first-order chi connectivity index (χ1) is 12.2. The van der Waals surface area contributed by atoms with Gasteiger partial charge in [0, 0.05) is 0 Å². The predicted octanol–water partition coefficient (Wildman–Crippen LogP) is 1.93. The van der Waals surface area contributed by atoms with Gasteiger partial charge in [-0.1, -0.05) is 24.3 Å². The van der Waals surface area contributed by atoms with Gasteiger partial charge in [-0.25, -0.2) is 9.97 Å². The topological polar surface area (TPSA) is 84.5 Å². The van der Waals surface area contributed by atoms with Gasteiger partial charge >= 0.3 is 0 Å². The van der Waals surface area contributed by atoms with Crippen LogP contribution < -0.4 is 11.1 Å². The first kappa shape index (κ1) is 12.7. The van der Waals surface area contributed by atoms with Crippen molar-refractivity contribution in [3.05, 3.63) is 69.2 Å². The Morgan fingerprint density at radius 3 is 1.60 bits per heavy atom. The lowest BCUT2D eigenvalue weighted by molar-refractivity contribution is 1.21. The molecule has 118 valence electrons. The number of nitrogens with zero attached hydrogens (tertiary/aromatic N) is 4. The first-order valence-electron chi connectivity index (χ1n) is 7.80. The number of hydrogen-bond acceptors (Lipinski definition) is 4. The third-order valence-electron chi connectivity index (χ3n) is 4.65. The van der Waals surface area contributed by atoms with Crippen molar-refractivity contribution < 1.29 is 0 Å². The summed E-state index contributed by atoms with van der Waals surface area (Å²) in [5.41, 5.74) is 3.90. The van der Waals surface area contributed by atoms with E-state index in [1.165, 1.54) is 0 Å². The van der Waals surface area contributed by atoms with Crippen molar-refractivity contribution in [3.8, 4) is 0 Å². The van der Waals surface area contributed by atoms with Gasteiger partial charge in [0.15, 0.2) is 11.3 Å². The Bertz CT molecular complexity index is 1470. The number of H-pyrrole nitrogens is 1. The highest BCUT2D eigenvalue weighted by molar-refractivity contribution is 5.98. The van der Waals surface area contributed by atoms with Gasteiger partial charge in [-0.3, -0.25) is 23.4 Å². The Hall–Kier alpha value is -3.74. The molecular formula is C18H9N5O2. The minimum atomic E-state index is -0.423. The lowest BCUT2D eigenvalue weighted by atomic mass is 10.3. The van der Waals surface area contributed by atoms with Crippen molar-refractivity contribution in [2.24, 2.45) is 0 Å². The number of fused-ring (bicyclic) bond motifs is 10. The fourth-order valence-electron chi connectivity index (χ4n) is 3.66. The number of nitrogens with one attached hydrogen (secondary N) is 1. The van der Waals surface area contributed by atoms with Crippen LogP contribution >= 0.6 is 0 Å². The van der Waals surface area contributed by atoms with E-state index in [0.717, 1.165) is 22.1 Å². The maximum Gasteiger partial charge on any atom is 0.277 e. The quantitative estimate of drug-likeness (QED) is 0.462. The van der Waals surface area contributed by atoms with Crippen LogP contribution in [-0.2, 0) is 0 Å². The summed E-state index contributed by atoms with van der Waals surface area (Å²) in [6, 6.07) is 15.0. The van der Waals surface area contributed by atoms with Gasteiger partial charge in [0.25, 0.3) is 11.1 Å². The van der Waals surface area contributed by atoms with Gasteiger partial charge in [0.2, 0.25) is 0 Å². The Morgan fingerprint density at radius 1 is 0.680 bits per heavy atom. The van der Waals surface area contributed by atoms with Crippen LogP contribution in [-0.4, -0.2) is 23.8 Å². The van der Waals surface area contributed by atoms with Crippen molar-refractivity contribution in [2.45, 2.75) is 0 Å². The lowest BCUT2D eigenvalue weighted by Crippen LogP contribution is -2.06. The number of aromatic nitrogens is 5. The van der Waals surface area contributed by atoms with Crippen LogP contribution in [0.15, 0.2) is 58.1 Å². The molecule has 25 heavy (non-hydrogen) atoms. The van der Waals surface area contributed by atoms with E-state index in [9.17, 15) is 9.59 Å². The molecule has 0 fully saturated rings. The molecule has 1 N–H and O–H groups in total. The monoisotopic (exact) mass is 327 g/mol. The van der Waals surface area contributed by atoms with Crippen LogP contribution in [0.1, 0.15) is 0 Å². The maximum atomic E-state index is 12.5. The Labute approximate surface area is 138 Å². The standard InChI is InChI=1S/C18H9N5O2/c24-17-13-14(18(25)21-17)23-12-8-4-2-6-10(12)20-16(23)15-19-9-5-1-3-7-11(9)22(13)15/h1-8H,(H,21,24,25). The van der Waals surface area contributed by atoms with Crippen LogP contribution in [0.3, 0.4) is 0 Å². The zero-order valence-corrected chi connectivity index (χ0v) is 12.7. The molecule has 7 heteroatoms. The van der Waals surface area contributed by atoms with Crippen molar-refractivity contribution in [3.63, 3.8) is 0 Å². The molecule has 0 spiro atoms. The van der Waals surface area contributed by atoms with Crippen LogP contribution in [0, 0.1) is 0 Å². The molecule has 0 atom stereocenters. The summed E-state index contributed by atoms with van der Waals surface area (Å²) >= 11 is 0. The molecule has 6 rings (SSSR count). The van der Waals surface area contributed by atoms with Gasteiger partial charge < -0.3 is 0 Å². The second-order valence-corrected chi connectivity index (χ2v) is 6.00. The van der Waals surface area contributed by atoms with E-state index in [1.807, 2.05) is 48.5 Å². The van der Waals surface area contributed by atoms with Crippen molar-refractivity contribution in [1.82, 2.24) is 23.8 Å². The number of rotatable bonds is 0. The third kappa shape index (κ3) is 1.37. The summed E-state index contributed by atoms with van der Waals surface area (Å²) in [7, 11) is 0. The molecule has 0 saturated carbocycles. The number of aromatic amines is 1. The van der Waals surface area contributed by atoms with Gasteiger partial charge in [-0.05, 0) is 24.3 Å². The van der Waals surface area contributed by atoms with Crippen LogP contribution in [0.4, 0.5) is 0 Å². The Morgan fingerprint density at radius 2 is 1.12 bits per heavy atom. The molecule has 6 aromatic rings. The molecule has 7 nitrogen and oxygen atoms in total. The molecule has 4 heterocycles. The Kier molecular flexibility index (Phi) is 2.03. The lowest BCUT2D eigenvalue weighted by Gasteiger charge is -2.02. The van der Waals surface area contributed by atoms with E-state index in [4.69, 9.17) is 0 Å². The van der Waals surface area contributed by atoms with Gasteiger partial charge in [-0.15, -0.1) is 0 Å². The summed E-state index contributed by atoms with van der Waals surface area (Å²) < 4.78 is 3.46. The number of para-hydroxylation sites is 4. The molecule has 4 aromatic heterocycles. The highest BCUT2D eigenvalue weighted by Crippen LogP contribution is 2.27. The minimum Gasteiger partial charge on any atom is -0.285 e. The normalized spacial score (nSPS) is 12.3. The molecule has 0 bridgehead atoms. The van der Waals surface area contributed by atoms with Crippen LogP contribution in [0.25, 0.3) is 44.4 Å². The molecular weight excluding hydrogens is 318 g/mol. The van der Waals surface area contributed by atoms with E-state index in [0.29, 0.717) is 22.3 Å². The largest absolute Gasteiger partial charge is 0.285 e. The zero-order chi connectivity index (χ0) is 16.7. The van der Waals surface area contributed by atoms with E-state index < -0.39 is 11.1 Å². The summed E-state index contributed by atoms with van der Waals surface area (Å²) in [6.07, 6.45) is 0. The highest BCUT2D eigenvalue weighted by atomic mass is 16.2. The molecule has 0 amide bonds. The molecule has 0 aliphatic rings. The molecule has 2 aromatic carbocycles. The van der Waals surface area contributed by atoms with E-state index in [2.05, 4.69) is 15.0 Å². The van der Waals surface area contributed by atoms with Gasteiger partial charge in [0.05, 0.1) is 22.1 Å².